The highest BCUT2D eigenvalue weighted by molar-refractivity contribution is 6.12. The summed E-state index contributed by atoms with van der Waals surface area (Å²) in [4.78, 5) is 40.2. The average molecular weight is 338 g/mol. The second-order valence-corrected chi connectivity index (χ2v) is 8.23. The summed E-state index contributed by atoms with van der Waals surface area (Å²) in [6, 6.07) is 7.02. The molecule has 3 aliphatic heterocycles. The number of amides is 2. The molecule has 0 spiro atoms. The Morgan fingerprint density at radius 1 is 1.08 bits per heavy atom. The Kier molecular flexibility index (Phi) is 3.24. The lowest BCUT2D eigenvalue weighted by molar-refractivity contribution is -0.132. The average Bonchev–Trinajstić information content (AvgIpc) is 3.02. The van der Waals surface area contributed by atoms with Crippen LogP contribution in [-0.2, 0) is 14.4 Å². The van der Waals surface area contributed by atoms with E-state index in [-0.39, 0.29) is 23.6 Å². The molecule has 0 radical (unpaired) electrons. The Morgan fingerprint density at radius 3 is 2.40 bits per heavy atom. The fraction of sp³-hybridized carbons (Fsp3) is 0.450. The molecule has 0 unspecified atom stereocenters. The summed E-state index contributed by atoms with van der Waals surface area (Å²) in [6.45, 7) is 7.61. The number of hydrogen-bond donors (Lipinski definition) is 1. The molecule has 0 aromatic heterocycles. The number of hydrogen-bond acceptors (Lipinski definition) is 4. The lowest BCUT2D eigenvalue weighted by atomic mass is 9.79. The maximum Gasteiger partial charge on any atom is 0.233 e. The number of rotatable bonds is 1. The lowest BCUT2D eigenvalue weighted by Gasteiger charge is -2.39. The quantitative estimate of drug-likeness (QED) is 0.797. The van der Waals surface area contributed by atoms with E-state index in [2.05, 4.69) is 5.32 Å². The van der Waals surface area contributed by atoms with E-state index >= 15 is 0 Å². The molecule has 0 aliphatic carbocycles. The number of allylic oxidation sites excluding steroid dienone is 1. The third kappa shape index (κ3) is 2.11. The molecule has 3 aliphatic rings. The number of fused-ring (bicyclic) bond motifs is 5. The van der Waals surface area contributed by atoms with Gasteiger partial charge in [-0.25, -0.2) is 0 Å². The molecule has 1 aromatic carbocycles. The van der Waals surface area contributed by atoms with Crippen molar-refractivity contribution in [3.8, 4) is 0 Å². The molecule has 0 bridgehead atoms. The minimum absolute atomic E-state index is 0.00222. The molecule has 3 heterocycles. The van der Waals surface area contributed by atoms with E-state index in [0.717, 1.165) is 16.8 Å². The van der Waals surface area contributed by atoms with Crippen molar-refractivity contribution in [1.29, 1.82) is 0 Å². The first-order valence-corrected chi connectivity index (χ1v) is 8.67. The van der Waals surface area contributed by atoms with Gasteiger partial charge in [0.1, 0.15) is 6.04 Å². The van der Waals surface area contributed by atoms with Gasteiger partial charge in [0.15, 0.2) is 5.78 Å². The second kappa shape index (κ2) is 5.04. The van der Waals surface area contributed by atoms with E-state index in [4.69, 9.17) is 0 Å². The molecular formula is C20H22N2O3. The largest absolute Gasteiger partial charge is 0.353 e. The van der Waals surface area contributed by atoms with E-state index in [0.29, 0.717) is 0 Å². The van der Waals surface area contributed by atoms with Crippen molar-refractivity contribution in [3.05, 3.63) is 35.9 Å². The van der Waals surface area contributed by atoms with Gasteiger partial charge in [0.2, 0.25) is 11.8 Å². The zero-order chi connectivity index (χ0) is 18.1. The van der Waals surface area contributed by atoms with Gasteiger partial charge >= 0.3 is 0 Å². The number of Topliss-reactive ketones (excluding diaryl/α,β-unsaturated/α-hetero) is 1. The Balaban J connectivity index is 1.93. The normalized spacial score (nSPS) is 30.4. The number of carbonyl (C=O) groups is 3. The molecule has 0 saturated carbocycles. The van der Waals surface area contributed by atoms with Crippen LogP contribution in [0.4, 0.5) is 5.69 Å². The van der Waals surface area contributed by atoms with E-state index in [1.54, 1.807) is 0 Å². The molecule has 4 rings (SSSR count). The van der Waals surface area contributed by atoms with E-state index < -0.39 is 23.3 Å². The number of imide groups is 1. The van der Waals surface area contributed by atoms with Crippen LogP contribution in [0, 0.1) is 17.3 Å². The maximum atomic E-state index is 13.3. The number of benzene rings is 1. The number of para-hydroxylation sites is 1. The molecule has 2 saturated heterocycles. The van der Waals surface area contributed by atoms with Crippen LogP contribution < -0.4 is 10.2 Å². The number of nitrogens with one attached hydrogen (secondary N) is 1. The molecular weight excluding hydrogens is 316 g/mol. The van der Waals surface area contributed by atoms with Gasteiger partial charge in [0.05, 0.1) is 17.9 Å². The Bertz CT molecular complexity index is 834. The fourth-order valence-electron chi connectivity index (χ4n) is 4.46. The van der Waals surface area contributed by atoms with Gasteiger partial charge in [-0.1, -0.05) is 45.0 Å². The zero-order valence-electron chi connectivity index (χ0n) is 14.9. The van der Waals surface area contributed by atoms with Crippen LogP contribution in [0.2, 0.25) is 0 Å². The van der Waals surface area contributed by atoms with Gasteiger partial charge in [-0.15, -0.1) is 0 Å². The Hall–Kier alpha value is -2.43. The maximum absolute atomic E-state index is 13.3. The van der Waals surface area contributed by atoms with Gasteiger partial charge in [-0.2, -0.15) is 0 Å². The van der Waals surface area contributed by atoms with Crippen LogP contribution in [0.1, 0.15) is 33.3 Å². The SMILES string of the molecule is CC1=C[C@@H]2[C@@H]3C(=O)NC(=O)[C@H]3[C@H](C(=O)C(C)(C)C)N2c2ccccc21. The van der Waals surface area contributed by atoms with E-state index in [1.165, 1.54) is 0 Å². The van der Waals surface area contributed by atoms with Crippen molar-refractivity contribution in [2.24, 2.45) is 17.3 Å². The molecule has 1 N–H and O–H groups in total. The minimum atomic E-state index is -0.626. The predicted octanol–water partition coefficient (Wildman–Crippen LogP) is 2.16. The van der Waals surface area contributed by atoms with Crippen molar-refractivity contribution in [2.45, 2.75) is 39.8 Å². The summed E-state index contributed by atoms with van der Waals surface area (Å²) in [5.41, 5.74) is 2.47. The smallest absolute Gasteiger partial charge is 0.233 e. The standard InChI is InChI=1S/C20H22N2O3/c1-10-9-13-14-15(19(25)21-18(14)24)16(17(23)20(2,3)4)22(13)12-8-6-5-7-11(10)12/h5-9,13-16H,1-4H3,(H,21,24,25)/t13-,14+,15-,16-/m1/s1. The zero-order valence-corrected chi connectivity index (χ0v) is 14.9. The Morgan fingerprint density at radius 2 is 1.72 bits per heavy atom. The molecule has 1 aromatic rings. The van der Waals surface area contributed by atoms with Crippen molar-refractivity contribution in [2.75, 3.05) is 4.90 Å². The van der Waals surface area contributed by atoms with Crippen LogP contribution in [-0.4, -0.2) is 29.7 Å². The van der Waals surface area contributed by atoms with Crippen LogP contribution in [0.3, 0.4) is 0 Å². The number of nitrogens with zero attached hydrogens (tertiary/aromatic N) is 1. The van der Waals surface area contributed by atoms with Gasteiger partial charge in [0, 0.05) is 16.7 Å². The van der Waals surface area contributed by atoms with Crippen LogP contribution in [0.15, 0.2) is 30.3 Å². The molecule has 5 nitrogen and oxygen atoms in total. The topological polar surface area (TPSA) is 66.5 Å². The molecule has 130 valence electrons. The number of ketones is 1. The monoisotopic (exact) mass is 338 g/mol. The van der Waals surface area contributed by atoms with E-state index in [9.17, 15) is 14.4 Å². The highest BCUT2D eigenvalue weighted by Gasteiger charge is 2.62. The lowest BCUT2D eigenvalue weighted by Crippen LogP contribution is -2.51. The number of carbonyl (C=O) groups excluding carboxylic acids is 3. The van der Waals surface area contributed by atoms with Crippen LogP contribution in [0.25, 0.3) is 5.57 Å². The minimum Gasteiger partial charge on any atom is -0.353 e. The summed E-state index contributed by atoms with van der Waals surface area (Å²) < 4.78 is 0. The van der Waals surface area contributed by atoms with Crippen LogP contribution >= 0.6 is 0 Å². The highest BCUT2D eigenvalue weighted by Crippen LogP contribution is 2.49. The predicted molar refractivity (Wildman–Crippen MR) is 94.7 cm³/mol. The first-order chi connectivity index (χ1) is 11.7. The third-order valence-corrected chi connectivity index (χ3v) is 5.60. The second-order valence-electron chi connectivity index (χ2n) is 8.23. The van der Waals surface area contributed by atoms with Crippen LogP contribution in [0.5, 0.6) is 0 Å². The first-order valence-electron chi connectivity index (χ1n) is 8.67. The fourth-order valence-corrected chi connectivity index (χ4v) is 4.46. The number of anilines is 1. The summed E-state index contributed by atoms with van der Waals surface area (Å²) in [5, 5.41) is 2.44. The molecule has 5 heteroatoms. The van der Waals surface area contributed by atoms with Gasteiger partial charge in [-0.3, -0.25) is 19.7 Å². The van der Waals surface area contributed by atoms with Gasteiger partial charge in [-0.05, 0) is 18.6 Å². The van der Waals surface area contributed by atoms with E-state index in [1.807, 2.05) is 62.9 Å². The van der Waals surface area contributed by atoms with Gasteiger partial charge in [0.25, 0.3) is 0 Å². The van der Waals surface area contributed by atoms with Crippen molar-refractivity contribution in [3.63, 3.8) is 0 Å². The summed E-state index contributed by atoms with van der Waals surface area (Å²) in [7, 11) is 0. The Labute approximate surface area is 147 Å². The summed E-state index contributed by atoms with van der Waals surface area (Å²) >= 11 is 0. The van der Waals surface area contributed by atoms with Crippen molar-refractivity contribution >= 4 is 28.9 Å². The summed E-state index contributed by atoms with van der Waals surface area (Å²) in [6.07, 6.45) is 2.04. The third-order valence-electron chi connectivity index (χ3n) is 5.60. The first kappa shape index (κ1) is 16.1. The van der Waals surface area contributed by atoms with Crippen molar-refractivity contribution < 1.29 is 14.4 Å². The highest BCUT2D eigenvalue weighted by atomic mass is 16.2. The molecule has 4 atom stereocenters. The van der Waals surface area contributed by atoms with Crippen molar-refractivity contribution in [1.82, 2.24) is 5.32 Å². The molecule has 2 fully saturated rings. The molecule has 25 heavy (non-hydrogen) atoms. The van der Waals surface area contributed by atoms with Gasteiger partial charge < -0.3 is 4.90 Å². The summed E-state index contributed by atoms with van der Waals surface area (Å²) in [5.74, 6) is -1.72. The molecule has 2 amide bonds.